The Bertz CT molecular complexity index is 73.4. The van der Waals surface area contributed by atoms with E-state index in [9.17, 15) is 0 Å². The van der Waals surface area contributed by atoms with Crippen molar-refractivity contribution in [2.75, 3.05) is 0 Å². The molecule has 0 unspecified atom stereocenters. The fourth-order valence-electron chi connectivity index (χ4n) is 0.0456. The SMILES string of the molecule is C=CC#CO. The lowest BCUT2D eigenvalue weighted by Gasteiger charge is -1.48. The molecular weight excluding hydrogens is 64.0 g/mol. The Hall–Kier alpha value is -0.900. The molecule has 0 radical (unpaired) electrons. The molecule has 0 bridgehead atoms. The van der Waals surface area contributed by atoms with Gasteiger partial charge in [-0.15, -0.1) is 0 Å². The number of hydrogen-bond donors (Lipinski definition) is 1. The molecule has 1 nitrogen and oxygen atoms in total. The van der Waals surface area contributed by atoms with Gasteiger partial charge < -0.3 is 5.11 Å². The smallest absolute Gasteiger partial charge is 0.112 e. The minimum absolute atomic E-state index is 1.32. The second-order valence-electron chi connectivity index (χ2n) is 0.460. The van der Waals surface area contributed by atoms with Gasteiger partial charge in [0.1, 0.15) is 6.11 Å². The predicted molar refractivity (Wildman–Crippen MR) is 19.9 cm³/mol. The van der Waals surface area contributed by atoms with E-state index in [0.717, 1.165) is 0 Å². The van der Waals surface area contributed by atoms with E-state index in [0.29, 0.717) is 0 Å². The molecule has 0 aromatic carbocycles. The number of hydrogen-bond acceptors (Lipinski definition) is 1. The van der Waals surface area contributed by atoms with Crippen LogP contribution < -0.4 is 0 Å². The molecule has 0 aliphatic heterocycles. The molecule has 0 spiro atoms. The van der Waals surface area contributed by atoms with E-state index in [4.69, 9.17) is 5.11 Å². The maximum absolute atomic E-state index is 7.63. The van der Waals surface area contributed by atoms with Crippen LogP contribution in [0.4, 0.5) is 0 Å². The first-order chi connectivity index (χ1) is 2.41. The number of aliphatic hydroxyl groups is 1. The summed E-state index contributed by atoms with van der Waals surface area (Å²) >= 11 is 0. The van der Waals surface area contributed by atoms with Crippen LogP contribution in [-0.2, 0) is 0 Å². The Morgan fingerprint density at radius 2 is 2.40 bits per heavy atom. The quantitative estimate of drug-likeness (QED) is 0.410. The second kappa shape index (κ2) is 3.10. The molecule has 0 atom stereocenters. The van der Waals surface area contributed by atoms with E-state index in [2.05, 4.69) is 12.5 Å². The molecule has 0 saturated heterocycles. The van der Waals surface area contributed by atoms with Crippen molar-refractivity contribution in [2.45, 2.75) is 0 Å². The average Bonchev–Trinajstić information content (AvgIpc) is 1.41. The first-order valence-electron chi connectivity index (χ1n) is 1.17. The predicted octanol–water partition coefficient (Wildman–Crippen LogP) is 0.506. The first kappa shape index (κ1) is 4.10. The first-order valence-corrected chi connectivity index (χ1v) is 1.17. The Morgan fingerprint density at radius 1 is 1.80 bits per heavy atom. The van der Waals surface area contributed by atoms with Crippen LogP contribution in [0, 0.1) is 12.0 Å². The van der Waals surface area contributed by atoms with Gasteiger partial charge >= 0.3 is 0 Å². The van der Waals surface area contributed by atoms with E-state index in [1.54, 1.807) is 6.11 Å². The minimum Gasteiger partial charge on any atom is -0.462 e. The topological polar surface area (TPSA) is 20.2 Å². The van der Waals surface area contributed by atoms with Gasteiger partial charge in [-0.25, -0.2) is 0 Å². The van der Waals surface area contributed by atoms with E-state index < -0.39 is 0 Å². The fraction of sp³-hybridized carbons (Fsp3) is 0. The normalized spacial score (nSPS) is 4.00. The van der Waals surface area contributed by atoms with E-state index in [1.165, 1.54) is 6.08 Å². The largest absolute Gasteiger partial charge is 0.462 e. The van der Waals surface area contributed by atoms with Gasteiger partial charge in [0.25, 0.3) is 0 Å². The maximum atomic E-state index is 7.63. The molecule has 0 aromatic rings. The highest BCUT2D eigenvalue weighted by molar-refractivity contribution is 5.06. The third-order valence-corrected chi connectivity index (χ3v) is 0.167. The summed E-state index contributed by atoms with van der Waals surface area (Å²) in [6, 6.07) is 0. The third-order valence-electron chi connectivity index (χ3n) is 0.167. The van der Waals surface area contributed by atoms with Crippen LogP contribution in [0.1, 0.15) is 0 Å². The zero-order valence-corrected chi connectivity index (χ0v) is 2.73. The van der Waals surface area contributed by atoms with Crippen LogP contribution in [0.5, 0.6) is 0 Å². The Kier molecular flexibility index (Phi) is 2.54. The van der Waals surface area contributed by atoms with Crippen molar-refractivity contribution in [1.29, 1.82) is 0 Å². The van der Waals surface area contributed by atoms with Gasteiger partial charge in [-0.3, -0.25) is 0 Å². The van der Waals surface area contributed by atoms with Gasteiger partial charge in [0.05, 0.1) is 0 Å². The lowest BCUT2D eigenvalue weighted by molar-refractivity contribution is 0.517. The zero-order chi connectivity index (χ0) is 4.12. The monoisotopic (exact) mass is 68.0 g/mol. The van der Waals surface area contributed by atoms with Crippen molar-refractivity contribution < 1.29 is 5.11 Å². The van der Waals surface area contributed by atoms with Crippen molar-refractivity contribution in [3.63, 3.8) is 0 Å². The third kappa shape index (κ3) is 3.10. The summed E-state index contributed by atoms with van der Waals surface area (Å²) in [6.45, 7) is 3.22. The van der Waals surface area contributed by atoms with Crippen molar-refractivity contribution in [2.24, 2.45) is 0 Å². The van der Waals surface area contributed by atoms with Crippen molar-refractivity contribution in [1.82, 2.24) is 0 Å². The zero-order valence-electron chi connectivity index (χ0n) is 2.73. The van der Waals surface area contributed by atoms with Gasteiger partial charge in [0.2, 0.25) is 0 Å². The van der Waals surface area contributed by atoms with Gasteiger partial charge in [-0.2, -0.15) is 0 Å². The molecule has 0 heterocycles. The van der Waals surface area contributed by atoms with E-state index >= 15 is 0 Å². The van der Waals surface area contributed by atoms with Crippen molar-refractivity contribution in [3.05, 3.63) is 12.7 Å². The molecule has 26 valence electrons. The molecule has 0 aliphatic rings. The Labute approximate surface area is 30.9 Å². The lowest BCUT2D eigenvalue weighted by Crippen LogP contribution is -1.42. The molecular formula is C4H4O. The number of aliphatic hydroxyl groups excluding tert-OH is 1. The molecule has 1 N–H and O–H groups in total. The van der Waals surface area contributed by atoms with Crippen molar-refractivity contribution in [3.8, 4) is 12.0 Å². The molecule has 0 fully saturated rings. The van der Waals surface area contributed by atoms with Crippen molar-refractivity contribution >= 4 is 0 Å². The van der Waals surface area contributed by atoms with E-state index in [1.807, 2.05) is 0 Å². The van der Waals surface area contributed by atoms with Gasteiger partial charge in [0.15, 0.2) is 0 Å². The molecule has 5 heavy (non-hydrogen) atoms. The van der Waals surface area contributed by atoms with Crippen LogP contribution in [0.25, 0.3) is 0 Å². The summed E-state index contributed by atoms with van der Waals surface area (Å²) in [5.41, 5.74) is 0. The Morgan fingerprint density at radius 3 is 2.40 bits per heavy atom. The standard InChI is InChI=1S/C4H4O/c1-2-3-4-5/h2,5H,1H2. The van der Waals surface area contributed by atoms with E-state index in [-0.39, 0.29) is 0 Å². The second-order valence-corrected chi connectivity index (χ2v) is 0.460. The molecule has 0 aromatic heterocycles. The molecule has 0 rings (SSSR count). The van der Waals surface area contributed by atoms with Gasteiger partial charge in [0, 0.05) is 0 Å². The fourth-order valence-corrected chi connectivity index (χ4v) is 0.0456. The van der Waals surface area contributed by atoms with Gasteiger partial charge in [-0.05, 0) is 12.0 Å². The van der Waals surface area contributed by atoms with Crippen LogP contribution >= 0.6 is 0 Å². The summed E-state index contributed by atoms with van der Waals surface area (Å²) < 4.78 is 0. The summed E-state index contributed by atoms with van der Waals surface area (Å²) in [7, 11) is 0. The lowest BCUT2D eigenvalue weighted by atomic mass is 10.7. The van der Waals surface area contributed by atoms with Crippen LogP contribution in [0.3, 0.4) is 0 Å². The van der Waals surface area contributed by atoms with Crippen LogP contribution in [0.2, 0.25) is 0 Å². The molecule has 1 heteroatoms. The van der Waals surface area contributed by atoms with Crippen LogP contribution in [0.15, 0.2) is 12.7 Å². The highest BCUT2D eigenvalue weighted by Gasteiger charge is 1.38. The van der Waals surface area contributed by atoms with Gasteiger partial charge in [-0.1, -0.05) is 6.58 Å². The number of rotatable bonds is 0. The maximum Gasteiger partial charge on any atom is 0.112 e. The minimum atomic E-state index is 1.32. The summed E-state index contributed by atoms with van der Waals surface area (Å²) in [5, 5.41) is 7.63. The van der Waals surface area contributed by atoms with Crippen LogP contribution in [-0.4, -0.2) is 5.11 Å². The molecule has 0 saturated carbocycles. The molecule has 0 amide bonds. The Balaban J connectivity index is 3.16. The summed E-state index contributed by atoms with van der Waals surface area (Å²) in [5.74, 6) is 2.18. The highest BCUT2D eigenvalue weighted by atomic mass is 16.2. The summed E-state index contributed by atoms with van der Waals surface area (Å²) in [6.07, 6.45) is 2.97. The number of allylic oxidation sites excluding steroid dienone is 1. The average molecular weight is 68.1 g/mol. The summed E-state index contributed by atoms with van der Waals surface area (Å²) in [4.78, 5) is 0. The molecule has 0 aliphatic carbocycles. The highest BCUT2D eigenvalue weighted by Crippen LogP contribution is 1.46.